The third kappa shape index (κ3) is 59.8. The fourth-order valence-electron chi connectivity index (χ4n) is 10.8. The molecule has 0 bridgehead atoms. The summed E-state index contributed by atoms with van der Waals surface area (Å²) in [6.07, 6.45) is 29.2. The van der Waals surface area contributed by atoms with Crippen molar-refractivity contribution in [3.63, 3.8) is 0 Å². The van der Waals surface area contributed by atoms with Gasteiger partial charge in [0.05, 0.1) is 44.9 Å². The molecule has 0 heterocycles. The summed E-state index contributed by atoms with van der Waals surface area (Å²) in [5, 5.41) is 15.2. The van der Waals surface area contributed by atoms with Gasteiger partial charge in [0, 0.05) is 76.8 Å². The molecule has 6 aromatic rings. The number of anilines is 3. The Labute approximate surface area is 826 Å². The Morgan fingerprint density at radius 1 is 0.667 bits per heavy atom. The molecule has 6 saturated carbocycles. The van der Waals surface area contributed by atoms with Gasteiger partial charge in [0.2, 0.25) is 5.91 Å². The van der Waals surface area contributed by atoms with Crippen LogP contribution in [0, 0.1) is 65.4 Å². The number of benzene rings is 6. The molecule has 0 saturated heterocycles. The maximum Gasteiger partial charge on any atom is 2.00 e. The predicted molar refractivity (Wildman–Crippen MR) is 520 cm³/mol. The predicted octanol–water partition coefficient (Wildman–Crippen LogP) is 15.3. The molecule has 6 aliphatic carbocycles. The molecule has 123 heavy (non-hydrogen) atoms. The van der Waals surface area contributed by atoms with Crippen LogP contribution in [0.3, 0.4) is 0 Å². The van der Waals surface area contributed by atoms with Crippen LogP contribution in [0.1, 0.15) is 229 Å². The number of carbonyl (C=O) groups is 6. The maximum absolute atomic E-state index is 13.8. The van der Waals surface area contributed by atoms with Crippen molar-refractivity contribution in [3.8, 4) is 0 Å². The molecular weight excluding hydrogens is 1760 g/mol. The zero-order valence-electron chi connectivity index (χ0n) is 76.6. The minimum absolute atomic E-state index is 0. The zero-order chi connectivity index (χ0) is 84.4. The third-order valence-corrected chi connectivity index (χ3v) is 26.5. The van der Waals surface area contributed by atoms with Crippen molar-refractivity contribution in [2.45, 2.75) is 236 Å². The number of nitrogens with zero attached hydrogens (tertiary/aromatic N) is 2. The number of hydroxylamine groups is 3. The number of aliphatic hydroxyl groups excluding tert-OH is 1. The van der Waals surface area contributed by atoms with Gasteiger partial charge >= 0.3 is 87.6 Å². The number of hydrogen-bond acceptors (Lipinski definition) is 16. The van der Waals surface area contributed by atoms with E-state index in [1.807, 2.05) is 64.2 Å². The molecular formula is C94H145BBrCl2F3Mg2N5NaO11PSSi. The van der Waals surface area contributed by atoms with Gasteiger partial charge in [0.15, 0.2) is 11.6 Å². The molecule has 1 amide bonds. The SMILES string of the molecule is Br.C.C.CC(C)SN(c1c[c-]ccc1F)[Si](C)(C)C.CCCC(=O)C=P(c1ccccc1)(c1ccccc1)c1ccccc1.CCOC(=O)/C=C/C1CC1.CCOC(=O)CCC1CC1.CNOC.CON(C)C(=O)CCC1CC1.C[CH-]C.Cl.Nc1cc(C(=O)CCC2CC2)ccc1F.Nc1cc(C(O)CCC2CC2)ccc1F.O=CC1CC1.[B].[Cl-].[H-].[H-].[Mg+2].[Mg+2].[Na+]. The summed E-state index contributed by atoms with van der Waals surface area (Å²) in [7, 11) is 4.85. The van der Waals surface area contributed by atoms with Gasteiger partial charge in [0.1, 0.15) is 26.2 Å². The van der Waals surface area contributed by atoms with Gasteiger partial charge in [-0.2, -0.15) is 32.0 Å². The molecule has 677 valence electrons. The van der Waals surface area contributed by atoms with E-state index in [0.29, 0.717) is 67.2 Å². The summed E-state index contributed by atoms with van der Waals surface area (Å²) in [6, 6.07) is 47.8. The number of Topliss-reactive ketones (excluding diaryl/α,β-unsaturated/α-hetero) is 2. The largest absolute Gasteiger partial charge is 2.00 e. The van der Waals surface area contributed by atoms with Crippen LogP contribution >= 0.6 is 48.2 Å². The molecule has 6 aromatic carbocycles. The average Bonchev–Trinajstić information content (AvgIpc) is 1.75. The van der Waals surface area contributed by atoms with E-state index in [1.165, 1.54) is 135 Å². The van der Waals surface area contributed by atoms with E-state index in [0.717, 1.165) is 86.9 Å². The van der Waals surface area contributed by atoms with Crippen molar-refractivity contribution in [1.29, 1.82) is 0 Å². The van der Waals surface area contributed by atoms with Crippen molar-refractivity contribution in [1.82, 2.24) is 10.5 Å². The Morgan fingerprint density at radius 2 is 1.10 bits per heavy atom. The third-order valence-electron chi connectivity index (χ3n) is 18.3. The Hall–Kier alpha value is -3.97. The second kappa shape index (κ2) is 75.8. The number of halogens is 6. The quantitative estimate of drug-likeness (QED) is 0.00303. The molecule has 6 fully saturated rings. The smallest absolute Gasteiger partial charge is 1.00 e. The molecule has 1 unspecified atom stereocenters. The number of aldehydes is 1. The van der Waals surface area contributed by atoms with Crippen molar-refractivity contribution in [2.24, 2.45) is 35.5 Å². The van der Waals surface area contributed by atoms with Crippen LogP contribution in [0.2, 0.25) is 19.6 Å². The van der Waals surface area contributed by atoms with Crippen LogP contribution in [-0.4, -0.2) is 161 Å². The number of nitrogens with one attached hydrogen (secondary N) is 1. The van der Waals surface area contributed by atoms with Crippen LogP contribution in [0.25, 0.3) is 0 Å². The van der Waals surface area contributed by atoms with E-state index < -0.39 is 32.9 Å². The molecule has 0 spiro atoms. The molecule has 3 radical (unpaired) electrons. The first kappa shape index (κ1) is 132. The van der Waals surface area contributed by atoms with Gasteiger partial charge in [-0.15, -0.1) is 35.5 Å². The topological polar surface area (TPSA) is 230 Å². The molecule has 6 aliphatic rings. The number of allylic oxidation sites excluding steroid dienone is 1. The molecule has 16 nitrogen and oxygen atoms in total. The summed E-state index contributed by atoms with van der Waals surface area (Å²) in [5.41, 5.74) is 15.3. The summed E-state index contributed by atoms with van der Waals surface area (Å²) in [4.78, 5) is 75.5. The minimum atomic E-state index is -2.11. The van der Waals surface area contributed by atoms with Crippen molar-refractivity contribution in [3.05, 3.63) is 199 Å². The van der Waals surface area contributed by atoms with Crippen LogP contribution in [0.5, 0.6) is 0 Å². The van der Waals surface area contributed by atoms with E-state index in [4.69, 9.17) is 25.8 Å². The molecule has 0 aliphatic heterocycles. The molecule has 0 aromatic heterocycles. The zero-order valence-corrected chi connectivity index (χ0v) is 85.4. The van der Waals surface area contributed by atoms with Gasteiger partial charge in [0.25, 0.3) is 0 Å². The first-order valence-electron chi connectivity index (χ1n) is 40.7. The molecule has 29 heteroatoms. The number of hydrogen-bond donors (Lipinski definition) is 4. The van der Waals surface area contributed by atoms with Gasteiger partial charge in [-0.1, -0.05) is 222 Å². The van der Waals surface area contributed by atoms with Crippen molar-refractivity contribution < 1.29 is 111 Å². The van der Waals surface area contributed by atoms with Gasteiger partial charge in [-0.05, 0) is 178 Å². The van der Waals surface area contributed by atoms with Crippen molar-refractivity contribution >= 4 is 185 Å². The fourth-order valence-corrected chi connectivity index (χ4v) is 18.0. The van der Waals surface area contributed by atoms with E-state index in [1.54, 1.807) is 51.4 Å². The summed E-state index contributed by atoms with van der Waals surface area (Å²) >= 11 is 1.71. The van der Waals surface area contributed by atoms with Crippen LogP contribution < -0.4 is 78.8 Å². The average molecular weight is 1900 g/mol. The monoisotopic (exact) mass is 1900 g/mol. The Kier molecular flexibility index (Phi) is 81.4. The van der Waals surface area contributed by atoms with E-state index in [2.05, 4.69) is 134 Å². The second-order valence-electron chi connectivity index (χ2n) is 30.3. The first-order valence-corrected chi connectivity index (χ1v) is 46.8. The van der Waals surface area contributed by atoms with Crippen molar-refractivity contribution in [2.75, 3.05) is 57.0 Å². The number of esters is 2. The normalized spacial score (nSPS) is 13.4. The summed E-state index contributed by atoms with van der Waals surface area (Å²) in [6.45, 7) is 19.5. The van der Waals surface area contributed by atoms with E-state index in [-0.39, 0.29) is 190 Å². The number of carbonyl (C=O) groups excluding carboxylic acids is 6. The number of nitrogens with two attached hydrogens (primary N) is 2. The maximum atomic E-state index is 13.8. The number of nitrogen functional groups attached to an aromatic ring is 2. The van der Waals surface area contributed by atoms with E-state index >= 15 is 0 Å². The van der Waals surface area contributed by atoms with Crippen LogP contribution in [0.15, 0.2) is 158 Å². The standard InChI is InChI=1S/C23H23OP.C12H16FNO.C12H14FNO.C12H19FNSSi.C8H15NO2.C8H14O2.C8H12O2.C4H6O.C3H7.C2H7NO.2CH4.B.BrH.2ClH.2Mg.Na.2H/c1-2-12-20(24)19-25(21-13-6-3-7-14-21,22-15-8-4-9-16-22)23-17-10-5-11-18-23;2*13-10-5-4-9(7-11(10)14)12(15)6-3-8-1-2-8;1-10(2)15-14(16(3,4)5)12-9-7-6-8-11(12)13;1-9(11-2)8(10)6-5-7-3-4-7;2*1-2-10-8(9)6-5-7-3-4-7;5-3-4-1-2-4;1-3-2;1-3-4-2;;;;;;;;;;;/h3-11,13-19H,2,12H2,1H3;4-5,7-8,12,15H,1-3,6,14H2;4-5,7-8H,1-3,6,14H2;6,8-10H,1-5H3;7H,3-6H2,1-2H3;7H,2-6H2,1H3;5-7H,2-4H2,1H3;3-4H,1-2H2;3H,1-2H3;3H,1-2H3;2*1H4;;3*1H;;;;;/q;;;-1;;;;;-1;;;;;;;;2*+2;+1;2*-1/p-1/b;;;;;;6-5+;;;;;;;;;;;;;;. The first-order chi connectivity index (χ1) is 54.6. The Balaban J connectivity index is -0.000000176. The van der Waals surface area contributed by atoms with Gasteiger partial charge < -0.3 is 61.3 Å². The Morgan fingerprint density at radius 3 is 1.46 bits per heavy atom. The number of rotatable bonds is 31. The number of aliphatic hydroxyl groups is 1. The number of ketones is 2. The molecule has 12 rings (SSSR count). The number of amides is 1. The van der Waals surface area contributed by atoms with Gasteiger partial charge in [-0.25, -0.2) is 28.5 Å². The number of ether oxygens (including phenoxy) is 2. The van der Waals surface area contributed by atoms with Crippen LogP contribution in [0.4, 0.5) is 30.2 Å². The molecule has 1 atom stereocenters. The summed E-state index contributed by atoms with van der Waals surface area (Å²) < 4.78 is 51.1. The Bertz CT molecular complexity index is 3760. The summed E-state index contributed by atoms with van der Waals surface area (Å²) in [5.74, 6) is 5.42. The second-order valence-corrected chi connectivity index (χ2v) is 40.2. The fraction of sp³-hybridized carbons (Fsp3) is 0.511. The van der Waals surface area contributed by atoms with Gasteiger partial charge in [-0.3, -0.25) is 24.0 Å². The minimum Gasteiger partial charge on any atom is -1.00 e. The van der Waals surface area contributed by atoms with Crippen LogP contribution in [-0.2, 0) is 43.1 Å². The van der Waals surface area contributed by atoms with E-state index in [9.17, 15) is 47.0 Å². The molecule has 6 N–H and O–H groups in total.